The second kappa shape index (κ2) is 13.5. The molecular formula is C11H15N2Na3O11P2. The van der Waals surface area contributed by atoms with Crippen LogP contribution in [0, 0.1) is 6.92 Å². The van der Waals surface area contributed by atoms with Crippen LogP contribution in [0.2, 0.25) is 0 Å². The molecule has 13 nitrogen and oxygen atoms in total. The summed E-state index contributed by atoms with van der Waals surface area (Å²) < 4.78 is 35.5. The van der Waals surface area contributed by atoms with E-state index in [1.165, 1.54) is 13.1 Å². The number of phosphoric acid groups is 2. The molecule has 0 radical (unpaired) electrons. The van der Waals surface area contributed by atoms with Crippen LogP contribution in [0.25, 0.3) is 0 Å². The van der Waals surface area contributed by atoms with Crippen LogP contribution in [-0.2, 0) is 29.2 Å². The molecule has 1 fully saturated rings. The number of aliphatic hydroxyl groups is 1. The second-order valence-corrected chi connectivity index (χ2v) is 8.30. The average Bonchev–Trinajstić information content (AvgIpc) is 2.80. The fourth-order valence-corrected chi connectivity index (χ4v) is 3.86. The molecule has 2 N–H and O–H groups in total. The predicted octanol–water partition coefficient (Wildman–Crippen LogP) is -12.3. The van der Waals surface area contributed by atoms with Crippen molar-refractivity contribution in [2.45, 2.75) is 38.2 Å². The minimum Gasteiger partial charge on any atom is -0.790 e. The number of phosphoric ester groups is 1. The molecule has 1 aliphatic rings. The van der Waals surface area contributed by atoms with Crippen molar-refractivity contribution >= 4 is 15.6 Å². The molecule has 0 bridgehead atoms. The van der Waals surface area contributed by atoms with Crippen molar-refractivity contribution in [3.8, 4) is 0 Å². The summed E-state index contributed by atoms with van der Waals surface area (Å²) in [5.74, 6) is 0. The molecule has 0 spiro atoms. The zero-order valence-corrected chi connectivity index (χ0v) is 24.1. The number of aliphatic hydroxyl groups excluding tert-OH is 1. The Morgan fingerprint density at radius 2 is 1.86 bits per heavy atom. The molecule has 2 heterocycles. The van der Waals surface area contributed by atoms with Crippen LogP contribution >= 0.6 is 15.6 Å². The van der Waals surface area contributed by atoms with Gasteiger partial charge in [-0.2, -0.15) is 0 Å². The van der Waals surface area contributed by atoms with E-state index in [4.69, 9.17) is 4.74 Å². The average molecular weight is 482 g/mol. The van der Waals surface area contributed by atoms with Crippen molar-refractivity contribution in [1.29, 1.82) is 0 Å². The first-order valence-corrected chi connectivity index (χ1v) is 10.1. The minimum absolute atomic E-state index is 0. The minimum atomic E-state index is -5.81. The second-order valence-electron chi connectivity index (χ2n) is 5.60. The molecule has 1 aromatic heterocycles. The summed E-state index contributed by atoms with van der Waals surface area (Å²) in [6.45, 7) is 0.663. The third-order valence-electron chi connectivity index (χ3n) is 3.49. The van der Waals surface area contributed by atoms with Gasteiger partial charge in [0.2, 0.25) is 0 Å². The first-order chi connectivity index (χ1) is 11.9. The summed E-state index contributed by atoms with van der Waals surface area (Å²) >= 11 is 0. The molecule has 2 rings (SSSR count). The van der Waals surface area contributed by atoms with Crippen molar-refractivity contribution in [3.05, 3.63) is 32.6 Å². The summed E-state index contributed by atoms with van der Waals surface area (Å²) in [7, 11) is -11.2. The fourth-order valence-electron chi connectivity index (χ4n) is 2.37. The van der Waals surface area contributed by atoms with Crippen molar-refractivity contribution in [2.24, 2.45) is 0 Å². The summed E-state index contributed by atoms with van der Waals surface area (Å²) in [6, 6.07) is 0. The number of H-pyrrole nitrogens is 1. The molecule has 18 heteroatoms. The van der Waals surface area contributed by atoms with Gasteiger partial charge in [-0.25, -0.2) is 4.79 Å². The Balaban J connectivity index is 0. The Labute approximate surface area is 231 Å². The molecule has 0 aliphatic carbocycles. The number of aromatic amines is 1. The third kappa shape index (κ3) is 11.0. The monoisotopic (exact) mass is 482 g/mol. The SMILES string of the molecule is Cc1cn(C[C@H]2C[C@@H](O)[C@@H](COP(=O)([O-])OP(=O)([O-])[O-])O2)c(=O)[nH]c1=O.[Na+].[Na+].[Na+]. The van der Waals surface area contributed by atoms with Gasteiger partial charge in [0.25, 0.3) is 13.4 Å². The zero-order valence-electron chi connectivity index (χ0n) is 16.3. The third-order valence-corrected chi connectivity index (χ3v) is 5.55. The van der Waals surface area contributed by atoms with E-state index in [2.05, 4.69) is 13.8 Å². The van der Waals surface area contributed by atoms with Crippen LogP contribution in [0.5, 0.6) is 0 Å². The topological polar surface area (TPSA) is 206 Å². The van der Waals surface area contributed by atoms with Gasteiger partial charge in [0.15, 0.2) is 0 Å². The van der Waals surface area contributed by atoms with Crippen LogP contribution in [0.1, 0.15) is 12.0 Å². The maximum atomic E-state index is 11.7. The maximum Gasteiger partial charge on any atom is 1.00 e. The van der Waals surface area contributed by atoms with Crippen LogP contribution in [0.15, 0.2) is 15.8 Å². The van der Waals surface area contributed by atoms with E-state index in [1.54, 1.807) is 0 Å². The summed E-state index contributed by atoms with van der Waals surface area (Å²) in [6.07, 6.45) is -1.72. The smallest absolute Gasteiger partial charge is 0.790 e. The van der Waals surface area contributed by atoms with E-state index >= 15 is 0 Å². The van der Waals surface area contributed by atoms with E-state index < -0.39 is 51.8 Å². The van der Waals surface area contributed by atoms with Gasteiger partial charge >= 0.3 is 94.4 Å². The van der Waals surface area contributed by atoms with E-state index in [9.17, 15) is 38.5 Å². The molecule has 1 unspecified atom stereocenters. The number of hydrogen-bond acceptors (Lipinski definition) is 11. The van der Waals surface area contributed by atoms with Gasteiger partial charge < -0.3 is 33.6 Å². The van der Waals surface area contributed by atoms with Gasteiger partial charge in [-0.3, -0.25) is 23.2 Å². The zero-order chi connectivity index (χ0) is 19.7. The van der Waals surface area contributed by atoms with E-state index in [0.717, 1.165) is 4.57 Å². The van der Waals surface area contributed by atoms with Crippen LogP contribution in [0.4, 0.5) is 0 Å². The van der Waals surface area contributed by atoms with Crippen LogP contribution in [0.3, 0.4) is 0 Å². The van der Waals surface area contributed by atoms with Gasteiger partial charge in [0, 0.05) is 18.2 Å². The quantitative estimate of drug-likeness (QED) is 0.276. The largest absolute Gasteiger partial charge is 1.00 e. The van der Waals surface area contributed by atoms with E-state index in [1.807, 2.05) is 0 Å². The number of nitrogens with zero attached hydrogens (tertiary/aromatic N) is 1. The molecule has 1 aromatic rings. The van der Waals surface area contributed by atoms with Gasteiger partial charge in [0.1, 0.15) is 6.10 Å². The van der Waals surface area contributed by atoms with Crippen molar-refractivity contribution < 1.29 is 131 Å². The van der Waals surface area contributed by atoms with Gasteiger partial charge in [-0.15, -0.1) is 0 Å². The van der Waals surface area contributed by atoms with Crippen LogP contribution < -0.4 is 115 Å². The maximum absolute atomic E-state index is 11.7. The first-order valence-electron chi connectivity index (χ1n) is 7.19. The summed E-state index contributed by atoms with van der Waals surface area (Å²) in [5.41, 5.74) is -0.935. The Morgan fingerprint density at radius 1 is 1.28 bits per heavy atom. The molecule has 0 saturated carbocycles. The number of rotatable bonds is 7. The molecular weight excluding hydrogens is 467 g/mol. The van der Waals surface area contributed by atoms with Gasteiger partial charge in [-0.05, 0) is 6.92 Å². The molecule has 4 atom stereocenters. The van der Waals surface area contributed by atoms with Gasteiger partial charge in [0.05, 0.1) is 33.2 Å². The van der Waals surface area contributed by atoms with E-state index in [-0.39, 0.29) is 107 Å². The first kappa shape index (κ1) is 33.0. The predicted molar refractivity (Wildman–Crippen MR) is 77.6 cm³/mol. The number of aromatic nitrogens is 2. The Kier molecular flexibility index (Phi) is 15.4. The van der Waals surface area contributed by atoms with Crippen molar-refractivity contribution in [1.82, 2.24) is 9.55 Å². The van der Waals surface area contributed by atoms with Gasteiger partial charge in [-0.1, -0.05) is 0 Å². The normalized spacial score (nSPS) is 23.3. The molecule has 1 aliphatic heterocycles. The molecule has 1 saturated heterocycles. The molecule has 29 heavy (non-hydrogen) atoms. The fraction of sp³-hybridized carbons (Fsp3) is 0.636. The number of ether oxygens (including phenoxy) is 1. The van der Waals surface area contributed by atoms with E-state index in [0.29, 0.717) is 0 Å². The standard InChI is InChI=1S/C11H18N2O11P2.3Na/c1-6-3-13(11(16)12-10(6)15)4-7-2-8(14)9(23-7)5-22-26(20,21)24-25(17,18)19;;;/h3,7-9,14H,2,4-5H2,1H3,(H,20,21)(H,12,15,16)(H2,17,18,19);;;/q;3*+1/p-3/t7-,8-,9-;;;/m1.../s1. The summed E-state index contributed by atoms with van der Waals surface area (Å²) in [5, 5.41) is 9.87. The Morgan fingerprint density at radius 3 is 2.41 bits per heavy atom. The molecule has 0 aromatic carbocycles. The Hall–Kier alpha value is 1.86. The van der Waals surface area contributed by atoms with Crippen molar-refractivity contribution in [2.75, 3.05) is 6.61 Å². The number of aryl methyl sites for hydroxylation is 1. The van der Waals surface area contributed by atoms with Crippen LogP contribution in [-0.4, -0.2) is 39.6 Å². The Bertz CT molecular complexity index is 872. The number of hydrogen-bond donors (Lipinski definition) is 2. The molecule has 0 amide bonds. The van der Waals surface area contributed by atoms with Crippen molar-refractivity contribution in [3.63, 3.8) is 0 Å². The molecule has 148 valence electrons. The number of nitrogens with one attached hydrogen (secondary N) is 1. The summed E-state index contributed by atoms with van der Waals surface area (Å²) in [4.78, 5) is 56.9.